The minimum absolute atomic E-state index is 0. The molecule has 1 atom stereocenters. The Kier molecular flexibility index (Phi) is 4.77. The maximum Gasteiger partial charge on any atom is 0.0594 e. The number of rotatable bonds is 2. The van der Waals surface area contributed by atoms with Crippen molar-refractivity contribution in [3.05, 3.63) is 30.1 Å². The second-order valence-corrected chi connectivity index (χ2v) is 2.10. The van der Waals surface area contributed by atoms with Crippen LogP contribution in [0, 0.1) is 0 Å². The van der Waals surface area contributed by atoms with Crippen molar-refractivity contribution < 1.29 is 0 Å². The molecule has 0 fully saturated rings. The molecule has 4 heteroatoms. The van der Waals surface area contributed by atoms with Crippen molar-refractivity contribution in [3.63, 3.8) is 0 Å². The minimum Gasteiger partial charge on any atom is -0.329 e. The molecular weight excluding hydrogens is 162 g/mol. The molecule has 3 nitrogen and oxygen atoms in total. The normalized spacial score (nSPS) is 11.8. The van der Waals surface area contributed by atoms with Gasteiger partial charge in [0.2, 0.25) is 0 Å². The smallest absolute Gasteiger partial charge is 0.0594 e. The quantitative estimate of drug-likeness (QED) is 0.683. The van der Waals surface area contributed by atoms with Crippen molar-refractivity contribution in [1.29, 1.82) is 0 Å². The van der Waals surface area contributed by atoms with E-state index in [-0.39, 0.29) is 18.4 Å². The van der Waals surface area contributed by atoms with Gasteiger partial charge in [0.1, 0.15) is 0 Å². The first-order chi connectivity index (χ1) is 4.84. The molecule has 0 aliphatic rings. The lowest BCUT2D eigenvalue weighted by Crippen LogP contribution is -2.21. The first kappa shape index (κ1) is 10.4. The fraction of sp³-hybridized carbons (Fsp3) is 0.286. The van der Waals surface area contributed by atoms with Crippen LogP contribution in [0.2, 0.25) is 0 Å². The van der Waals surface area contributed by atoms with Gasteiger partial charge in [-0.3, -0.25) is 4.98 Å². The molecule has 0 unspecified atom stereocenters. The molecule has 0 bridgehead atoms. The summed E-state index contributed by atoms with van der Waals surface area (Å²) >= 11 is 0. The lowest BCUT2D eigenvalue weighted by molar-refractivity contribution is 0.711. The van der Waals surface area contributed by atoms with Crippen molar-refractivity contribution in [2.24, 2.45) is 11.5 Å². The molecule has 4 N–H and O–H groups in total. The third kappa shape index (κ3) is 2.84. The van der Waals surface area contributed by atoms with Gasteiger partial charge in [0.15, 0.2) is 0 Å². The van der Waals surface area contributed by atoms with E-state index in [1.54, 1.807) is 6.20 Å². The molecule has 0 radical (unpaired) electrons. The van der Waals surface area contributed by atoms with Gasteiger partial charge < -0.3 is 11.5 Å². The first-order valence-corrected chi connectivity index (χ1v) is 3.21. The maximum absolute atomic E-state index is 5.61. The Balaban J connectivity index is 0.000001000. The van der Waals surface area contributed by atoms with Gasteiger partial charge in [0, 0.05) is 12.7 Å². The molecule has 0 aliphatic heterocycles. The molecule has 11 heavy (non-hydrogen) atoms. The van der Waals surface area contributed by atoms with Crippen LogP contribution in [0.1, 0.15) is 11.7 Å². The number of pyridine rings is 1. The number of hydrogen-bond donors (Lipinski definition) is 2. The Bertz CT molecular complexity index is 190. The molecule has 0 spiro atoms. The second kappa shape index (κ2) is 5.07. The van der Waals surface area contributed by atoms with Crippen molar-refractivity contribution in [2.45, 2.75) is 6.04 Å². The summed E-state index contributed by atoms with van der Waals surface area (Å²) < 4.78 is 0. The summed E-state index contributed by atoms with van der Waals surface area (Å²) in [6.45, 7) is 0.441. The minimum atomic E-state index is -0.124. The van der Waals surface area contributed by atoms with E-state index in [0.29, 0.717) is 6.54 Å². The van der Waals surface area contributed by atoms with Crippen molar-refractivity contribution in [2.75, 3.05) is 6.54 Å². The van der Waals surface area contributed by atoms with Crippen LogP contribution in [0.5, 0.6) is 0 Å². The van der Waals surface area contributed by atoms with Crippen molar-refractivity contribution in [3.8, 4) is 0 Å². The summed E-state index contributed by atoms with van der Waals surface area (Å²) in [6.07, 6.45) is 1.71. The zero-order valence-corrected chi connectivity index (χ0v) is 6.92. The van der Waals surface area contributed by atoms with E-state index in [4.69, 9.17) is 11.5 Å². The lowest BCUT2D eigenvalue weighted by Gasteiger charge is -2.05. The highest BCUT2D eigenvalue weighted by Gasteiger charge is 2.01. The molecule has 0 saturated heterocycles. The Morgan fingerprint density at radius 2 is 2.18 bits per heavy atom. The molecule has 0 amide bonds. The Morgan fingerprint density at radius 3 is 2.64 bits per heavy atom. The summed E-state index contributed by atoms with van der Waals surface area (Å²) in [6, 6.07) is 5.50. The zero-order chi connectivity index (χ0) is 7.40. The van der Waals surface area contributed by atoms with Gasteiger partial charge in [-0.05, 0) is 12.1 Å². The summed E-state index contributed by atoms with van der Waals surface area (Å²) in [7, 11) is 0. The first-order valence-electron chi connectivity index (χ1n) is 3.21. The van der Waals surface area contributed by atoms with E-state index in [9.17, 15) is 0 Å². The predicted octanol–water partition coefficient (Wildman–Crippen LogP) is 0.462. The number of nitrogens with zero attached hydrogens (tertiary/aromatic N) is 1. The molecule has 0 saturated carbocycles. The van der Waals surface area contributed by atoms with E-state index in [2.05, 4.69) is 4.98 Å². The average Bonchev–Trinajstić information content (AvgIpc) is 2.05. The highest BCUT2D eigenvalue weighted by Crippen LogP contribution is 2.02. The zero-order valence-electron chi connectivity index (χ0n) is 6.10. The Labute approximate surface area is 72.2 Å². The van der Waals surface area contributed by atoms with Gasteiger partial charge in [0.05, 0.1) is 11.7 Å². The van der Waals surface area contributed by atoms with Crippen LogP contribution < -0.4 is 11.5 Å². The van der Waals surface area contributed by atoms with Gasteiger partial charge in [0.25, 0.3) is 0 Å². The monoisotopic (exact) mass is 173 g/mol. The fourth-order valence-electron chi connectivity index (χ4n) is 0.716. The molecule has 1 heterocycles. The highest BCUT2D eigenvalue weighted by atomic mass is 35.5. The Morgan fingerprint density at radius 1 is 1.45 bits per heavy atom. The molecule has 0 aliphatic carbocycles. The van der Waals surface area contributed by atoms with Gasteiger partial charge in [-0.1, -0.05) is 6.07 Å². The van der Waals surface area contributed by atoms with E-state index in [1.807, 2.05) is 18.2 Å². The van der Waals surface area contributed by atoms with Crippen molar-refractivity contribution in [1.82, 2.24) is 4.98 Å². The van der Waals surface area contributed by atoms with Crippen LogP contribution in [0.15, 0.2) is 24.4 Å². The maximum atomic E-state index is 5.61. The van der Waals surface area contributed by atoms with Gasteiger partial charge in [-0.25, -0.2) is 0 Å². The molecule has 62 valence electrons. The van der Waals surface area contributed by atoms with Crippen molar-refractivity contribution >= 4 is 12.4 Å². The molecule has 1 aromatic rings. The van der Waals surface area contributed by atoms with E-state index >= 15 is 0 Å². The van der Waals surface area contributed by atoms with Crippen LogP contribution in [0.3, 0.4) is 0 Å². The summed E-state index contributed by atoms with van der Waals surface area (Å²) in [5.41, 5.74) is 11.8. The Hall–Kier alpha value is -0.640. The van der Waals surface area contributed by atoms with Crippen LogP contribution in [-0.2, 0) is 0 Å². The van der Waals surface area contributed by atoms with E-state index in [0.717, 1.165) is 5.69 Å². The highest BCUT2D eigenvalue weighted by molar-refractivity contribution is 5.85. The summed E-state index contributed by atoms with van der Waals surface area (Å²) in [4.78, 5) is 4.04. The second-order valence-electron chi connectivity index (χ2n) is 2.10. The topological polar surface area (TPSA) is 64.9 Å². The number of halogens is 1. The number of hydrogen-bond acceptors (Lipinski definition) is 3. The van der Waals surface area contributed by atoms with Crippen LogP contribution in [0.4, 0.5) is 0 Å². The fourth-order valence-corrected chi connectivity index (χ4v) is 0.716. The third-order valence-electron chi connectivity index (χ3n) is 1.32. The summed E-state index contributed by atoms with van der Waals surface area (Å²) in [5, 5.41) is 0. The molecule has 1 aromatic heterocycles. The SMILES string of the molecule is Cl.NC[C@@H](N)c1ccccn1. The van der Waals surface area contributed by atoms with Gasteiger partial charge >= 0.3 is 0 Å². The largest absolute Gasteiger partial charge is 0.329 e. The van der Waals surface area contributed by atoms with Gasteiger partial charge in [-0.2, -0.15) is 0 Å². The van der Waals surface area contributed by atoms with E-state index < -0.39 is 0 Å². The van der Waals surface area contributed by atoms with Crippen LogP contribution >= 0.6 is 12.4 Å². The number of aromatic nitrogens is 1. The lowest BCUT2D eigenvalue weighted by atomic mass is 10.2. The summed E-state index contributed by atoms with van der Waals surface area (Å²) in [5.74, 6) is 0. The molecule has 1 rings (SSSR count). The predicted molar refractivity (Wildman–Crippen MR) is 47.5 cm³/mol. The standard InChI is InChI=1S/C7H11N3.ClH/c8-5-6(9)7-3-1-2-4-10-7;/h1-4,6H,5,8-9H2;1H/t6-;/m1./s1. The third-order valence-corrected chi connectivity index (χ3v) is 1.32. The molecular formula is C7H12ClN3. The van der Waals surface area contributed by atoms with Crippen LogP contribution in [0.25, 0.3) is 0 Å². The average molecular weight is 174 g/mol. The van der Waals surface area contributed by atoms with Crippen LogP contribution in [-0.4, -0.2) is 11.5 Å². The van der Waals surface area contributed by atoms with E-state index in [1.165, 1.54) is 0 Å². The van der Waals surface area contributed by atoms with Gasteiger partial charge in [-0.15, -0.1) is 12.4 Å². The number of nitrogens with two attached hydrogens (primary N) is 2. The molecule has 0 aromatic carbocycles.